The van der Waals surface area contributed by atoms with E-state index in [1.165, 1.54) is 0 Å². The summed E-state index contributed by atoms with van der Waals surface area (Å²) in [4.78, 5) is 0.102. The molecule has 1 aliphatic carbocycles. The highest BCUT2D eigenvalue weighted by Gasteiger charge is 2.57. The van der Waals surface area contributed by atoms with Crippen molar-refractivity contribution in [1.29, 1.82) is 0 Å². The van der Waals surface area contributed by atoms with Gasteiger partial charge in [-0.1, -0.05) is 109 Å². The lowest BCUT2D eigenvalue weighted by molar-refractivity contribution is -0.233. The molecule has 1 aliphatic rings. The molecule has 0 spiro atoms. The third-order valence-corrected chi connectivity index (χ3v) is 10.8. The lowest BCUT2D eigenvalue weighted by atomic mass is 9.76. The fourth-order valence-electron chi connectivity index (χ4n) is 6.17. The summed E-state index contributed by atoms with van der Waals surface area (Å²) >= 11 is 0. The summed E-state index contributed by atoms with van der Waals surface area (Å²) in [7, 11) is -6.38. The van der Waals surface area contributed by atoms with Gasteiger partial charge in [0, 0.05) is 6.42 Å². The van der Waals surface area contributed by atoms with Crippen LogP contribution < -0.4 is 4.72 Å². The maximum atomic E-state index is 13.8. The number of aliphatic hydroxyl groups excluding tert-OH is 1. The van der Waals surface area contributed by atoms with Crippen molar-refractivity contribution in [3.05, 3.63) is 138 Å². The van der Waals surface area contributed by atoms with Gasteiger partial charge in [0.1, 0.15) is 17.8 Å². The fraction of sp³-hybridized carbons (Fsp3) is 0.368. The van der Waals surface area contributed by atoms with Crippen LogP contribution in [-0.2, 0) is 48.5 Å². The number of benzene rings is 4. The van der Waals surface area contributed by atoms with Gasteiger partial charge in [-0.2, -0.15) is 0 Å². The van der Waals surface area contributed by atoms with E-state index in [-0.39, 0.29) is 31.1 Å². The van der Waals surface area contributed by atoms with Crippen molar-refractivity contribution >= 4 is 18.3 Å². The maximum absolute atomic E-state index is 13.8. The lowest BCUT2D eigenvalue weighted by Crippen LogP contribution is -2.71. The molecule has 0 aliphatic heterocycles. The second-order valence-corrected chi connectivity index (χ2v) is 19.6. The van der Waals surface area contributed by atoms with Crippen molar-refractivity contribution in [2.45, 2.75) is 87.7 Å². The number of ether oxygens (including phenoxy) is 3. The Morgan fingerprint density at radius 2 is 1.25 bits per heavy atom. The minimum absolute atomic E-state index is 0.0673. The molecule has 0 amide bonds. The van der Waals surface area contributed by atoms with E-state index in [1.807, 2.05) is 97.9 Å². The first kappa shape index (κ1) is 36.1. The molecule has 0 aromatic heterocycles. The first-order valence-corrected chi connectivity index (χ1v) is 21.2. The number of nitrogens with one attached hydrogen (secondary N) is 1. The van der Waals surface area contributed by atoms with Crippen LogP contribution in [0.5, 0.6) is 0 Å². The predicted molar refractivity (Wildman–Crippen MR) is 189 cm³/mol. The molecule has 4 aromatic rings. The lowest BCUT2D eigenvalue weighted by Gasteiger charge is -2.53. The molecule has 0 radical (unpaired) electrons. The van der Waals surface area contributed by atoms with E-state index < -0.39 is 48.3 Å². The van der Waals surface area contributed by atoms with Crippen molar-refractivity contribution in [3.63, 3.8) is 0 Å². The van der Waals surface area contributed by atoms with E-state index in [4.69, 9.17) is 18.6 Å². The molecule has 2 N–H and O–H groups in total. The number of aliphatic hydroxyl groups is 1. The van der Waals surface area contributed by atoms with Crippen molar-refractivity contribution in [2.24, 2.45) is 0 Å². The zero-order valence-corrected chi connectivity index (χ0v) is 29.9. The van der Waals surface area contributed by atoms with Gasteiger partial charge in [0.25, 0.3) is 0 Å². The second-order valence-electron chi connectivity index (χ2n) is 13.5. The Kier molecular flexibility index (Phi) is 12.0. The first-order valence-electron chi connectivity index (χ1n) is 16.3. The van der Waals surface area contributed by atoms with E-state index in [1.54, 1.807) is 24.3 Å². The van der Waals surface area contributed by atoms with Crippen LogP contribution in [0.3, 0.4) is 0 Å². The number of sulfonamides is 1. The van der Waals surface area contributed by atoms with Gasteiger partial charge < -0.3 is 23.7 Å². The molecule has 10 heteroatoms. The van der Waals surface area contributed by atoms with Crippen molar-refractivity contribution in [1.82, 2.24) is 4.72 Å². The van der Waals surface area contributed by atoms with Crippen LogP contribution in [0.4, 0.5) is 0 Å². The Bertz CT molecular complexity index is 1670. The molecular formula is C38H47NO7SSi. The molecule has 0 unspecified atom stereocenters. The van der Waals surface area contributed by atoms with Crippen LogP contribution in [0.1, 0.15) is 28.7 Å². The monoisotopic (exact) mass is 689 g/mol. The van der Waals surface area contributed by atoms with Crippen molar-refractivity contribution in [3.8, 4) is 0 Å². The molecule has 8 nitrogen and oxygen atoms in total. The number of hydrogen-bond acceptors (Lipinski definition) is 7. The van der Waals surface area contributed by atoms with Crippen LogP contribution in [0.25, 0.3) is 0 Å². The summed E-state index contributed by atoms with van der Waals surface area (Å²) in [5.74, 6) is 0. The summed E-state index contributed by atoms with van der Waals surface area (Å²) in [5, 5.41) is 12.0. The average molecular weight is 690 g/mol. The largest absolute Gasteiger partial charge is 0.407 e. The van der Waals surface area contributed by atoms with Crippen LogP contribution in [0.2, 0.25) is 19.6 Å². The molecule has 4 aromatic carbocycles. The van der Waals surface area contributed by atoms with Gasteiger partial charge in [-0.15, -0.1) is 0 Å². The Labute approximate surface area is 286 Å². The summed E-state index contributed by atoms with van der Waals surface area (Å²) in [6.07, 6.45) is -2.88. The number of rotatable bonds is 15. The number of aryl methyl sites for hydroxylation is 1. The van der Waals surface area contributed by atoms with Gasteiger partial charge in [0.05, 0.1) is 43.5 Å². The maximum Gasteiger partial charge on any atom is 0.240 e. The standard InChI is InChI=1S/C38H47NO7SSi/c1-29-20-22-33(23-21-29)47(41,42)39-35-34(40)24-38(46-48(2,3)4,28-43-25-30-14-8-5-9-15-30)37(45-27-32-18-12-7-13-19-32)36(35)44-26-31-16-10-6-11-17-31/h5-23,34-37,39-40H,24-28H2,1-4H3/t34-,35-,36+,37-,38+/m0/s1. The topological polar surface area (TPSA) is 103 Å². The Balaban J connectivity index is 1.56. The minimum Gasteiger partial charge on any atom is -0.407 e. The summed E-state index contributed by atoms with van der Waals surface area (Å²) in [6, 6.07) is 34.9. The molecule has 256 valence electrons. The summed E-state index contributed by atoms with van der Waals surface area (Å²) in [5.41, 5.74) is 2.62. The van der Waals surface area contributed by atoms with Gasteiger partial charge >= 0.3 is 0 Å². The van der Waals surface area contributed by atoms with Gasteiger partial charge in [-0.25, -0.2) is 13.1 Å². The Hall–Kier alpha value is -3.19. The predicted octanol–water partition coefficient (Wildman–Crippen LogP) is 6.38. The van der Waals surface area contributed by atoms with Gasteiger partial charge in [0.2, 0.25) is 10.0 Å². The molecule has 1 fully saturated rings. The molecule has 0 heterocycles. The zero-order chi connectivity index (χ0) is 34.2. The van der Waals surface area contributed by atoms with Gasteiger partial charge in [-0.05, 0) is 55.4 Å². The molecule has 5 rings (SSSR count). The Morgan fingerprint density at radius 3 is 1.77 bits per heavy atom. The third kappa shape index (κ3) is 9.70. The Morgan fingerprint density at radius 1 is 0.750 bits per heavy atom. The van der Waals surface area contributed by atoms with E-state index >= 15 is 0 Å². The van der Waals surface area contributed by atoms with E-state index in [2.05, 4.69) is 24.4 Å². The summed E-state index contributed by atoms with van der Waals surface area (Å²) < 4.78 is 57.3. The first-order chi connectivity index (χ1) is 22.9. The third-order valence-electron chi connectivity index (χ3n) is 8.29. The van der Waals surface area contributed by atoms with Crippen LogP contribution in [0, 0.1) is 6.92 Å². The zero-order valence-electron chi connectivity index (χ0n) is 28.1. The number of hydrogen-bond donors (Lipinski definition) is 2. The van der Waals surface area contributed by atoms with Crippen LogP contribution in [0.15, 0.2) is 120 Å². The molecule has 0 bridgehead atoms. The van der Waals surface area contributed by atoms with Crippen LogP contribution >= 0.6 is 0 Å². The highest BCUT2D eigenvalue weighted by atomic mass is 32.2. The molecule has 1 saturated carbocycles. The summed E-state index contributed by atoms with van der Waals surface area (Å²) in [6.45, 7) is 8.97. The van der Waals surface area contributed by atoms with E-state index in [0.717, 1.165) is 22.3 Å². The quantitative estimate of drug-likeness (QED) is 0.140. The second kappa shape index (κ2) is 16.0. The van der Waals surface area contributed by atoms with E-state index in [9.17, 15) is 13.5 Å². The molecule has 5 atom stereocenters. The molecular weight excluding hydrogens is 643 g/mol. The normalized spacial score (nSPS) is 23.2. The van der Waals surface area contributed by atoms with Crippen LogP contribution in [-0.4, -0.2) is 58.4 Å². The highest BCUT2D eigenvalue weighted by Crippen LogP contribution is 2.40. The minimum atomic E-state index is -4.05. The smallest absolute Gasteiger partial charge is 0.240 e. The fourth-order valence-corrected chi connectivity index (χ4v) is 8.93. The molecule has 48 heavy (non-hydrogen) atoms. The average Bonchev–Trinajstić information content (AvgIpc) is 3.05. The highest BCUT2D eigenvalue weighted by molar-refractivity contribution is 7.89. The SMILES string of the molecule is Cc1ccc(S(=O)(=O)N[C@@H]2[C@@H](OCc3ccccc3)[C@H](OCc3ccccc3)[C@@](COCc3ccccc3)(O[Si](C)(C)C)C[C@@H]2O)cc1. The van der Waals surface area contributed by atoms with Gasteiger partial charge in [-0.3, -0.25) is 0 Å². The van der Waals surface area contributed by atoms with Gasteiger partial charge in [0.15, 0.2) is 8.32 Å². The van der Waals surface area contributed by atoms with Crippen molar-refractivity contribution < 1.29 is 32.2 Å². The van der Waals surface area contributed by atoms with E-state index in [0.29, 0.717) is 6.61 Å². The van der Waals surface area contributed by atoms with Crippen molar-refractivity contribution in [2.75, 3.05) is 6.61 Å². The molecule has 0 saturated heterocycles.